The van der Waals surface area contributed by atoms with Gasteiger partial charge in [-0.3, -0.25) is 4.72 Å². The van der Waals surface area contributed by atoms with Crippen molar-refractivity contribution in [2.24, 2.45) is 0 Å². The third kappa shape index (κ3) is 5.14. The van der Waals surface area contributed by atoms with Gasteiger partial charge in [0.25, 0.3) is 10.0 Å². The lowest BCUT2D eigenvalue weighted by atomic mass is 9.88. The van der Waals surface area contributed by atoms with E-state index >= 15 is 0 Å². The summed E-state index contributed by atoms with van der Waals surface area (Å²) in [5, 5.41) is 3.31. The van der Waals surface area contributed by atoms with Crippen LogP contribution < -0.4 is 10.0 Å². The van der Waals surface area contributed by atoms with Crippen molar-refractivity contribution in [3.05, 3.63) is 47.3 Å². The largest absolute Gasteiger partial charge is 0.416 e. The summed E-state index contributed by atoms with van der Waals surface area (Å²) in [6.45, 7) is 7.89. The Balaban J connectivity index is 2.00. The van der Waals surface area contributed by atoms with Crippen LogP contribution in [-0.4, -0.2) is 26.1 Å². The molecule has 0 saturated heterocycles. The van der Waals surface area contributed by atoms with Gasteiger partial charge in [-0.05, 0) is 63.9 Å². The van der Waals surface area contributed by atoms with Gasteiger partial charge in [-0.15, -0.1) is 0 Å². The molecule has 3 rings (SSSR count). The molecule has 5 nitrogen and oxygen atoms in total. The molecule has 0 spiro atoms. The summed E-state index contributed by atoms with van der Waals surface area (Å²) in [5.41, 5.74) is 0.214. The third-order valence-corrected chi connectivity index (χ3v) is 7.71. The molecule has 0 unspecified atom stereocenters. The van der Waals surface area contributed by atoms with Crippen LogP contribution in [0.1, 0.15) is 69.4 Å². The van der Waals surface area contributed by atoms with Crippen LogP contribution in [0, 0.1) is 6.92 Å². The molecule has 0 amide bonds. The molecule has 32 heavy (non-hydrogen) atoms. The Labute approximate surface area is 188 Å². The maximum Gasteiger partial charge on any atom is 0.416 e. The van der Waals surface area contributed by atoms with Crippen LogP contribution in [-0.2, 0) is 21.6 Å². The van der Waals surface area contributed by atoms with Crippen molar-refractivity contribution in [2.75, 3.05) is 11.8 Å². The van der Waals surface area contributed by atoms with E-state index in [-0.39, 0.29) is 22.0 Å². The quantitative estimate of drug-likeness (QED) is 0.595. The molecule has 0 bridgehead atoms. The van der Waals surface area contributed by atoms with E-state index in [2.05, 4.69) is 14.6 Å². The molecule has 1 aliphatic carbocycles. The number of hydrogen-bond donors (Lipinski definition) is 2. The van der Waals surface area contributed by atoms with E-state index < -0.39 is 21.8 Å². The number of anilines is 1. The van der Waals surface area contributed by atoms with Crippen LogP contribution in [0.2, 0.25) is 0 Å². The lowest BCUT2D eigenvalue weighted by Gasteiger charge is -2.34. The number of hydrogen-bond acceptors (Lipinski definition) is 3. The minimum atomic E-state index is -4.55. The van der Waals surface area contributed by atoms with Crippen molar-refractivity contribution >= 4 is 15.7 Å². The maximum atomic E-state index is 13.2. The molecule has 1 saturated carbocycles. The highest BCUT2D eigenvalue weighted by atomic mass is 32.2. The van der Waals surface area contributed by atoms with Crippen molar-refractivity contribution in [1.29, 1.82) is 0 Å². The molecule has 0 atom stereocenters. The fourth-order valence-electron chi connectivity index (χ4n) is 4.51. The molecule has 2 N–H and O–H groups in total. The van der Waals surface area contributed by atoms with Gasteiger partial charge in [0, 0.05) is 34.6 Å². The smallest absolute Gasteiger partial charge is 0.344 e. The normalized spacial score (nSPS) is 20.4. The molecular weight excluding hydrogens is 439 g/mol. The number of benzene rings is 1. The number of sulfonamides is 1. The van der Waals surface area contributed by atoms with Gasteiger partial charge in [-0.25, -0.2) is 8.42 Å². The molecule has 1 heterocycles. The fourth-order valence-corrected chi connectivity index (χ4v) is 5.81. The van der Waals surface area contributed by atoms with E-state index in [4.69, 9.17) is 0 Å². The average Bonchev–Trinajstić information content (AvgIpc) is 3.06. The van der Waals surface area contributed by atoms with E-state index in [1.807, 2.05) is 27.8 Å². The van der Waals surface area contributed by atoms with Gasteiger partial charge in [0.2, 0.25) is 0 Å². The van der Waals surface area contributed by atoms with Gasteiger partial charge in [0.15, 0.2) is 0 Å². The first-order chi connectivity index (χ1) is 14.7. The Morgan fingerprint density at radius 3 is 2.19 bits per heavy atom. The van der Waals surface area contributed by atoms with E-state index in [1.165, 1.54) is 12.1 Å². The summed E-state index contributed by atoms with van der Waals surface area (Å²) in [5.74, 6) is 0. The SMILES string of the molecule is CNC1CCC(n2c(C(C)(C)C)cc(S(=O)(=O)Nc3cccc(C(F)(F)F)c3)c2C)CC1. The van der Waals surface area contributed by atoms with Gasteiger partial charge in [-0.1, -0.05) is 26.8 Å². The fraction of sp³-hybridized carbons (Fsp3) is 0.565. The molecule has 9 heteroatoms. The van der Waals surface area contributed by atoms with Crippen molar-refractivity contribution in [3.63, 3.8) is 0 Å². The van der Waals surface area contributed by atoms with Crippen LogP contribution in [0.15, 0.2) is 35.2 Å². The summed E-state index contributed by atoms with van der Waals surface area (Å²) >= 11 is 0. The summed E-state index contributed by atoms with van der Waals surface area (Å²) in [7, 11) is -2.12. The zero-order chi connectivity index (χ0) is 23.9. The predicted molar refractivity (Wildman–Crippen MR) is 120 cm³/mol. The lowest BCUT2D eigenvalue weighted by molar-refractivity contribution is -0.137. The van der Waals surface area contributed by atoms with Crippen molar-refractivity contribution < 1.29 is 21.6 Å². The second-order valence-corrected chi connectivity index (χ2v) is 11.2. The molecule has 2 aromatic rings. The number of nitrogens with zero attached hydrogens (tertiary/aromatic N) is 1. The molecule has 178 valence electrons. The molecule has 1 aromatic heterocycles. The van der Waals surface area contributed by atoms with Gasteiger partial charge in [0.1, 0.15) is 4.90 Å². The summed E-state index contributed by atoms with van der Waals surface area (Å²) in [4.78, 5) is 0.107. The summed E-state index contributed by atoms with van der Waals surface area (Å²) < 4.78 is 70.1. The first kappa shape index (κ1) is 24.6. The number of halogens is 3. The third-order valence-electron chi connectivity index (χ3n) is 6.22. The Morgan fingerprint density at radius 2 is 1.66 bits per heavy atom. The van der Waals surface area contributed by atoms with Crippen LogP contribution >= 0.6 is 0 Å². The molecular formula is C23H32F3N3O2S. The van der Waals surface area contributed by atoms with Crippen molar-refractivity contribution in [1.82, 2.24) is 9.88 Å². The standard InChI is InChI=1S/C23H32F3N3O2S/c1-15-20(32(30,31)28-18-8-6-7-16(13-18)23(24,25)26)14-21(22(2,3)4)29(15)19-11-9-17(27-5)10-12-19/h6-8,13-14,17,19,27-28H,9-12H2,1-5H3. The predicted octanol–water partition coefficient (Wildman–Crippen LogP) is 5.62. The second-order valence-electron chi connectivity index (χ2n) is 9.58. The Morgan fingerprint density at radius 1 is 1.03 bits per heavy atom. The van der Waals surface area contributed by atoms with Crippen LogP contribution in [0.4, 0.5) is 18.9 Å². The molecule has 1 fully saturated rings. The van der Waals surface area contributed by atoms with Crippen molar-refractivity contribution in [2.45, 2.75) is 81.9 Å². The summed E-state index contributed by atoms with van der Waals surface area (Å²) in [6, 6.07) is 6.57. The second kappa shape index (κ2) is 8.74. The van der Waals surface area contributed by atoms with Gasteiger partial charge >= 0.3 is 6.18 Å². The first-order valence-corrected chi connectivity index (χ1v) is 12.3. The summed E-state index contributed by atoms with van der Waals surface area (Å²) in [6.07, 6.45) is -0.665. The van der Waals surface area contributed by atoms with E-state index in [1.54, 1.807) is 13.0 Å². The van der Waals surface area contributed by atoms with Gasteiger partial charge in [-0.2, -0.15) is 13.2 Å². The highest BCUT2D eigenvalue weighted by Crippen LogP contribution is 2.38. The average molecular weight is 472 g/mol. The number of alkyl halides is 3. The van der Waals surface area contributed by atoms with Crippen molar-refractivity contribution in [3.8, 4) is 0 Å². The van der Waals surface area contributed by atoms with Gasteiger partial charge < -0.3 is 9.88 Å². The van der Waals surface area contributed by atoms with Gasteiger partial charge in [0.05, 0.1) is 5.56 Å². The monoisotopic (exact) mass is 471 g/mol. The zero-order valence-electron chi connectivity index (χ0n) is 19.2. The Hall–Kier alpha value is -2.00. The van der Waals surface area contributed by atoms with E-state index in [0.717, 1.165) is 43.5 Å². The first-order valence-electron chi connectivity index (χ1n) is 10.8. The lowest BCUT2D eigenvalue weighted by Crippen LogP contribution is -2.32. The van der Waals surface area contributed by atoms with E-state index in [0.29, 0.717) is 11.7 Å². The minimum absolute atomic E-state index is 0.107. The topological polar surface area (TPSA) is 63.1 Å². The van der Waals surface area contributed by atoms with E-state index in [9.17, 15) is 21.6 Å². The maximum absolute atomic E-state index is 13.2. The number of nitrogens with one attached hydrogen (secondary N) is 2. The number of rotatable bonds is 5. The molecule has 1 aromatic carbocycles. The molecule has 0 radical (unpaired) electrons. The minimum Gasteiger partial charge on any atom is -0.344 e. The molecule has 1 aliphatic rings. The number of aromatic nitrogens is 1. The highest BCUT2D eigenvalue weighted by molar-refractivity contribution is 7.92. The Bertz CT molecular complexity index is 1060. The highest BCUT2D eigenvalue weighted by Gasteiger charge is 2.34. The molecule has 0 aliphatic heterocycles. The zero-order valence-corrected chi connectivity index (χ0v) is 20.0. The van der Waals surface area contributed by atoms with Crippen LogP contribution in [0.3, 0.4) is 0 Å². The van der Waals surface area contributed by atoms with Crippen LogP contribution in [0.5, 0.6) is 0 Å². The Kier molecular flexibility index (Phi) is 6.73. The van der Waals surface area contributed by atoms with Crippen LogP contribution in [0.25, 0.3) is 0 Å².